The van der Waals surface area contributed by atoms with Gasteiger partial charge in [0.15, 0.2) is 18.1 Å². The molecule has 2 aromatic heterocycles. The van der Waals surface area contributed by atoms with E-state index in [4.69, 9.17) is 18.9 Å². The molecular weight excluding hydrogens is 426 g/mol. The Morgan fingerprint density at radius 2 is 1.79 bits per heavy atom. The molecule has 0 aliphatic carbocycles. The molecule has 0 aliphatic rings. The van der Waals surface area contributed by atoms with E-state index in [1.165, 1.54) is 0 Å². The van der Waals surface area contributed by atoms with Crippen LogP contribution in [0, 0.1) is 0 Å². The Kier molecular flexibility index (Phi) is 6.84. The molecule has 1 amide bonds. The summed E-state index contributed by atoms with van der Waals surface area (Å²) in [6.45, 7) is 0.464. The second kappa shape index (κ2) is 10.3. The van der Waals surface area contributed by atoms with E-state index in [1.807, 2.05) is 18.2 Å². The van der Waals surface area contributed by atoms with Crippen molar-refractivity contribution in [2.24, 2.45) is 0 Å². The number of fused-ring (bicyclic) bond motifs is 1. The van der Waals surface area contributed by atoms with E-state index in [0.29, 0.717) is 46.7 Å². The van der Waals surface area contributed by atoms with Crippen molar-refractivity contribution in [3.05, 3.63) is 60.7 Å². The average Bonchev–Trinajstić information content (AvgIpc) is 3.28. The van der Waals surface area contributed by atoms with Gasteiger partial charge >= 0.3 is 0 Å². The van der Waals surface area contributed by atoms with Crippen LogP contribution in [0.15, 0.2) is 60.7 Å². The molecule has 0 aliphatic heterocycles. The smallest absolute Gasteiger partial charge is 0.258 e. The highest BCUT2D eigenvalue weighted by atomic mass is 16.5. The minimum Gasteiger partial charge on any atom is -0.497 e. The van der Waals surface area contributed by atoms with Gasteiger partial charge in [-0.2, -0.15) is 4.52 Å². The lowest BCUT2D eigenvalue weighted by Crippen LogP contribution is -2.32. The van der Waals surface area contributed by atoms with Crippen LogP contribution >= 0.6 is 0 Å². The van der Waals surface area contributed by atoms with Crippen LogP contribution in [0.1, 0.15) is 0 Å². The Bertz CT molecular complexity index is 1230. The zero-order valence-corrected chi connectivity index (χ0v) is 18.2. The first-order valence-electron chi connectivity index (χ1n) is 10.2. The number of ether oxygens (including phenoxy) is 4. The summed E-state index contributed by atoms with van der Waals surface area (Å²) in [5, 5.41) is 15.6. The molecule has 2 heterocycles. The zero-order chi connectivity index (χ0) is 23.0. The summed E-state index contributed by atoms with van der Waals surface area (Å²) in [5.41, 5.74) is 1.23. The van der Waals surface area contributed by atoms with Crippen LogP contribution in [-0.4, -0.2) is 59.7 Å². The maximum absolute atomic E-state index is 11.9. The van der Waals surface area contributed by atoms with Gasteiger partial charge in [-0.1, -0.05) is 18.2 Å². The fourth-order valence-electron chi connectivity index (χ4n) is 3.07. The number of hydrogen-bond acceptors (Lipinski definition) is 8. The van der Waals surface area contributed by atoms with Crippen molar-refractivity contribution in [3.8, 4) is 34.5 Å². The third kappa shape index (κ3) is 5.29. The van der Waals surface area contributed by atoms with E-state index >= 15 is 0 Å². The molecule has 0 saturated heterocycles. The van der Waals surface area contributed by atoms with Crippen molar-refractivity contribution in [1.82, 2.24) is 25.1 Å². The minimum absolute atomic E-state index is 0.0688. The Morgan fingerprint density at radius 1 is 0.939 bits per heavy atom. The topological polar surface area (TPSA) is 109 Å². The number of carbonyl (C=O) groups is 1. The van der Waals surface area contributed by atoms with Gasteiger partial charge in [-0.3, -0.25) is 4.79 Å². The van der Waals surface area contributed by atoms with Gasteiger partial charge in [-0.15, -0.1) is 15.3 Å². The van der Waals surface area contributed by atoms with Crippen molar-refractivity contribution in [1.29, 1.82) is 0 Å². The van der Waals surface area contributed by atoms with Gasteiger partial charge in [0.05, 0.1) is 26.3 Å². The molecule has 0 saturated carbocycles. The summed E-state index contributed by atoms with van der Waals surface area (Å²) in [7, 11) is 3.17. The lowest BCUT2D eigenvalue weighted by molar-refractivity contribution is -0.123. The van der Waals surface area contributed by atoms with Gasteiger partial charge in [0.2, 0.25) is 5.88 Å². The van der Waals surface area contributed by atoms with Crippen LogP contribution in [0.3, 0.4) is 0 Å². The molecule has 170 valence electrons. The van der Waals surface area contributed by atoms with Crippen molar-refractivity contribution < 1.29 is 23.7 Å². The molecule has 10 heteroatoms. The normalized spacial score (nSPS) is 10.6. The highest BCUT2D eigenvalue weighted by Gasteiger charge is 2.16. The second-order valence-corrected chi connectivity index (χ2v) is 6.83. The number of hydrogen-bond donors (Lipinski definition) is 1. The van der Waals surface area contributed by atoms with Crippen LogP contribution < -0.4 is 24.3 Å². The first-order chi connectivity index (χ1) is 16.2. The predicted molar refractivity (Wildman–Crippen MR) is 120 cm³/mol. The molecule has 0 radical (unpaired) electrons. The maximum Gasteiger partial charge on any atom is 0.258 e. The van der Waals surface area contributed by atoms with E-state index in [9.17, 15) is 4.79 Å². The van der Waals surface area contributed by atoms with Crippen molar-refractivity contribution >= 4 is 11.6 Å². The van der Waals surface area contributed by atoms with E-state index in [0.717, 1.165) is 0 Å². The molecule has 0 bridgehead atoms. The lowest BCUT2D eigenvalue weighted by atomic mass is 10.2. The third-order valence-corrected chi connectivity index (χ3v) is 4.67. The molecular formula is C23H23N5O5. The van der Waals surface area contributed by atoms with Crippen LogP contribution in [0.25, 0.3) is 17.0 Å². The second-order valence-electron chi connectivity index (χ2n) is 6.83. The zero-order valence-electron chi connectivity index (χ0n) is 18.2. The minimum atomic E-state index is -0.239. The molecule has 1 N–H and O–H groups in total. The number of carbonyl (C=O) groups excluding carboxylic acids is 1. The summed E-state index contributed by atoms with van der Waals surface area (Å²) >= 11 is 0. The van der Waals surface area contributed by atoms with Crippen LogP contribution in [-0.2, 0) is 4.79 Å². The van der Waals surface area contributed by atoms with Crippen molar-refractivity contribution in [3.63, 3.8) is 0 Å². The molecule has 0 atom stereocenters. The number of amides is 1. The van der Waals surface area contributed by atoms with Crippen LogP contribution in [0.5, 0.6) is 23.1 Å². The molecule has 33 heavy (non-hydrogen) atoms. The molecule has 0 fully saturated rings. The first-order valence-corrected chi connectivity index (χ1v) is 10.2. The summed E-state index contributed by atoms with van der Waals surface area (Å²) in [6.07, 6.45) is 0. The van der Waals surface area contributed by atoms with Gasteiger partial charge in [0, 0.05) is 6.07 Å². The predicted octanol–water partition coefficient (Wildman–Crippen LogP) is 2.38. The highest BCUT2D eigenvalue weighted by Crippen LogP contribution is 2.32. The molecule has 0 spiro atoms. The van der Waals surface area contributed by atoms with Crippen molar-refractivity contribution in [2.75, 3.05) is 34.0 Å². The monoisotopic (exact) mass is 449 g/mol. The summed E-state index contributed by atoms with van der Waals surface area (Å²) < 4.78 is 23.4. The fourth-order valence-corrected chi connectivity index (χ4v) is 3.07. The number of aromatic nitrogens is 4. The van der Waals surface area contributed by atoms with Gasteiger partial charge < -0.3 is 24.3 Å². The maximum atomic E-state index is 11.9. The summed E-state index contributed by atoms with van der Waals surface area (Å²) in [5.74, 6) is 2.51. The van der Waals surface area contributed by atoms with Crippen LogP contribution in [0.2, 0.25) is 0 Å². The van der Waals surface area contributed by atoms with Gasteiger partial charge in [-0.05, 0) is 36.4 Å². The molecule has 4 rings (SSSR count). The van der Waals surface area contributed by atoms with E-state index in [1.54, 1.807) is 61.2 Å². The number of methoxy groups -OCH3 is 2. The molecule has 10 nitrogen and oxygen atoms in total. The van der Waals surface area contributed by atoms with E-state index < -0.39 is 0 Å². The molecule has 0 unspecified atom stereocenters. The van der Waals surface area contributed by atoms with Crippen molar-refractivity contribution in [2.45, 2.75) is 0 Å². The number of nitrogens with one attached hydrogen (secondary N) is 1. The molecule has 2 aromatic carbocycles. The largest absolute Gasteiger partial charge is 0.497 e. The van der Waals surface area contributed by atoms with Gasteiger partial charge in [0.25, 0.3) is 5.91 Å². The van der Waals surface area contributed by atoms with Crippen LogP contribution in [0.4, 0.5) is 0 Å². The highest BCUT2D eigenvalue weighted by molar-refractivity contribution is 5.77. The number of para-hydroxylation sites is 1. The average molecular weight is 449 g/mol. The van der Waals surface area contributed by atoms with Gasteiger partial charge in [-0.25, -0.2) is 0 Å². The first kappa shape index (κ1) is 21.9. The van der Waals surface area contributed by atoms with E-state index in [2.05, 4.69) is 20.6 Å². The Labute approximate surface area is 190 Å². The number of nitrogens with zero attached hydrogens (tertiary/aromatic N) is 4. The Morgan fingerprint density at radius 3 is 2.58 bits per heavy atom. The SMILES string of the molecule is COc1ccc(OC)c(-c2nnc3ccc(OCCNC(=O)COc4ccccc4)nn23)c1. The number of benzene rings is 2. The molecule has 4 aromatic rings. The summed E-state index contributed by atoms with van der Waals surface area (Å²) in [6, 6.07) is 18.0. The fraction of sp³-hybridized carbons (Fsp3) is 0.217. The number of rotatable bonds is 10. The Balaban J connectivity index is 1.37. The summed E-state index contributed by atoms with van der Waals surface area (Å²) in [4.78, 5) is 11.9. The standard InChI is InChI=1S/C23H23N5O5/c1-30-17-8-9-19(31-2)18(14-17)23-26-25-20-10-11-22(27-28(20)23)32-13-12-24-21(29)15-33-16-6-4-3-5-7-16/h3-11,14H,12-13,15H2,1-2H3,(H,24,29). The third-order valence-electron chi connectivity index (χ3n) is 4.67. The Hall–Kier alpha value is -4.34. The quantitative estimate of drug-likeness (QED) is 0.368. The van der Waals surface area contributed by atoms with E-state index in [-0.39, 0.29) is 19.1 Å². The lowest BCUT2D eigenvalue weighted by Gasteiger charge is -2.10. The van der Waals surface area contributed by atoms with Gasteiger partial charge in [0.1, 0.15) is 23.9 Å².